The van der Waals surface area contributed by atoms with Gasteiger partial charge in [-0.3, -0.25) is 19.8 Å². The number of nitro groups is 1. The Kier molecular flexibility index (Phi) is 11.1. The molecule has 63 heavy (non-hydrogen) atoms. The number of allylic oxidation sites excluding steroid dienone is 1. The molecule has 0 unspecified atom stereocenters. The summed E-state index contributed by atoms with van der Waals surface area (Å²) in [5, 5.41) is 12.9. The first-order valence-corrected chi connectivity index (χ1v) is 23.3. The van der Waals surface area contributed by atoms with E-state index in [1.807, 2.05) is 6.07 Å². The number of nitrogens with one attached hydrogen (secondary N) is 2. The topological polar surface area (TPSA) is 160 Å². The fraction of sp³-hybridized carbons (Fsp3) is 0.522. The van der Waals surface area contributed by atoms with Crippen LogP contribution in [-0.4, -0.2) is 86.2 Å². The van der Waals surface area contributed by atoms with Gasteiger partial charge in [-0.05, 0) is 111 Å². The Labute approximate surface area is 364 Å². The van der Waals surface area contributed by atoms with Crippen molar-refractivity contribution >= 4 is 38.3 Å². The number of sulfonamides is 1. The molecule has 0 atom stereocenters. The van der Waals surface area contributed by atoms with Crippen molar-refractivity contribution < 1.29 is 40.8 Å². The van der Waals surface area contributed by atoms with Gasteiger partial charge in [-0.25, -0.2) is 18.1 Å². The summed E-state index contributed by atoms with van der Waals surface area (Å²) in [6, 6.07) is 12.2. The van der Waals surface area contributed by atoms with Crippen LogP contribution in [0.3, 0.4) is 0 Å². The van der Waals surface area contributed by atoms with Crippen molar-refractivity contribution in [3.63, 3.8) is 0 Å². The van der Waals surface area contributed by atoms with Crippen molar-refractivity contribution in [1.82, 2.24) is 19.6 Å². The van der Waals surface area contributed by atoms with E-state index in [1.54, 1.807) is 24.4 Å². The van der Waals surface area contributed by atoms with Crippen LogP contribution in [0, 0.1) is 32.3 Å². The number of piperazine rings is 1. The van der Waals surface area contributed by atoms with Crippen molar-refractivity contribution in [2.75, 3.05) is 50.8 Å². The molecule has 2 aromatic heterocycles. The maximum atomic E-state index is 13.9. The fourth-order valence-corrected chi connectivity index (χ4v) is 11.7. The predicted molar refractivity (Wildman–Crippen MR) is 230 cm³/mol. The summed E-state index contributed by atoms with van der Waals surface area (Å²) in [7, 11) is -4.56. The van der Waals surface area contributed by atoms with Gasteiger partial charge in [0.25, 0.3) is 21.6 Å². The number of hydrogen-bond acceptors (Lipinski definition) is 10. The number of fused-ring (bicyclic) bond motifs is 1. The molecule has 13 nitrogen and oxygen atoms in total. The molecule has 336 valence electrons. The second kappa shape index (κ2) is 16.2. The molecule has 2 saturated heterocycles. The van der Waals surface area contributed by atoms with Crippen molar-refractivity contribution in [3.8, 4) is 11.5 Å². The van der Waals surface area contributed by atoms with Crippen LogP contribution < -0.4 is 14.4 Å². The van der Waals surface area contributed by atoms with Gasteiger partial charge in [0, 0.05) is 80.9 Å². The fourth-order valence-electron chi connectivity index (χ4n) is 10.7. The van der Waals surface area contributed by atoms with Gasteiger partial charge < -0.3 is 19.4 Å². The minimum atomic E-state index is -4.56. The molecule has 2 aromatic carbocycles. The third kappa shape index (κ3) is 8.55. The number of carbonyl (C=O) groups excluding carboxylic acids is 1. The Bertz CT molecular complexity index is 2560. The van der Waals surface area contributed by atoms with E-state index in [9.17, 15) is 36.5 Å². The second-order valence-electron chi connectivity index (χ2n) is 19.2. The molecule has 4 aromatic rings. The predicted octanol–water partition coefficient (Wildman–Crippen LogP) is 9.10. The van der Waals surface area contributed by atoms with Gasteiger partial charge >= 0.3 is 6.18 Å². The number of H-pyrrole nitrogens is 1. The van der Waals surface area contributed by atoms with Gasteiger partial charge in [0.1, 0.15) is 17.1 Å². The number of amides is 1. The maximum Gasteiger partial charge on any atom is 0.394 e. The number of aromatic amines is 1. The summed E-state index contributed by atoms with van der Waals surface area (Å²) in [6.07, 6.45) is 5.35. The van der Waals surface area contributed by atoms with Gasteiger partial charge in [-0.15, -0.1) is 0 Å². The molecule has 17 heteroatoms. The molecule has 2 bridgehead atoms. The minimum absolute atomic E-state index is 0.0612. The van der Waals surface area contributed by atoms with E-state index in [0.717, 1.165) is 55.8 Å². The molecular formula is C46H53F3N6O7S. The van der Waals surface area contributed by atoms with Crippen molar-refractivity contribution in [2.45, 2.75) is 89.1 Å². The molecule has 0 spiro atoms. The number of nitrogens with zero attached hydrogens (tertiary/aromatic N) is 4. The highest BCUT2D eigenvalue weighted by Gasteiger charge is 2.79. The Morgan fingerprint density at radius 2 is 1.79 bits per heavy atom. The van der Waals surface area contributed by atoms with E-state index in [-0.39, 0.29) is 47.1 Å². The number of hydrogen-bond donors (Lipinski definition) is 2. The Morgan fingerprint density at radius 3 is 2.51 bits per heavy atom. The normalized spacial score (nSPS) is 24.2. The Morgan fingerprint density at radius 1 is 1.05 bits per heavy atom. The van der Waals surface area contributed by atoms with E-state index in [2.05, 4.69) is 38.3 Å². The lowest BCUT2D eigenvalue weighted by Gasteiger charge is -2.72. The second-order valence-corrected chi connectivity index (χ2v) is 20.9. The third-order valence-electron chi connectivity index (χ3n) is 14.4. The summed E-state index contributed by atoms with van der Waals surface area (Å²) in [4.78, 5) is 37.0. The third-order valence-corrected chi connectivity index (χ3v) is 15.7. The van der Waals surface area contributed by atoms with Crippen LogP contribution in [-0.2, 0) is 21.2 Å². The van der Waals surface area contributed by atoms with E-state index >= 15 is 0 Å². The SMILES string of the molecule is CC1(C)CCC(CN2CCN(c3ccc(C(=O)NS(=O)(=O)c4ccc(CCC5CCOCC5)c([N+](=O)[O-])c4)c(Oc4cnc5[nH]ccc5c4)c3)CC2)=C(C23CC(C(F)(F)F)(C2)C3)C1. The first kappa shape index (κ1) is 43.3. The number of alkyl halides is 3. The summed E-state index contributed by atoms with van der Waals surface area (Å²) in [6.45, 7) is 9.17. The van der Waals surface area contributed by atoms with Crippen molar-refractivity contribution in [2.24, 2.45) is 22.2 Å². The molecule has 4 heterocycles. The molecule has 10 rings (SSSR count). The van der Waals surface area contributed by atoms with E-state index in [1.165, 1.54) is 35.5 Å². The number of anilines is 1. The monoisotopic (exact) mass is 890 g/mol. The lowest BCUT2D eigenvalue weighted by molar-refractivity contribution is -0.385. The number of carbonyl (C=O) groups is 1. The van der Waals surface area contributed by atoms with Gasteiger partial charge in [0.15, 0.2) is 0 Å². The Hall–Kier alpha value is -5.00. The van der Waals surface area contributed by atoms with Gasteiger partial charge in [0.2, 0.25) is 0 Å². The zero-order chi connectivity index (χ0) is 44.4. The number of benzene rings is 2. The van der Waals surface area contributed by atoms with Crippen molar-refractivity contribution in [1.29, 1.82) is 0 Å². The molecule has 3 saturated carbocycles. The van der Waals surface area contributed by atoms with E-state index < -0.39 is 37.3 Å². The number of nitro benzene ring substituents is 1. The molecular weight excluding hydrogens is 838 g/mol. The standard InChI is InChI=1S/C46H53F3N6O7S/c1-43(2)13-9-33(38(24-43)44-27-45(28-44,29-44)46(47,48)49)26-53-15-17-54(18-16-53)34-6-8-37(40(22-34)62-35-21-32-10-14-50-41(32)51-25-35)42(56)52-63(59,60)36-7-5-31(39(23-36)55(57)58)4-3-30-11-19-61-20-12-30/h5-8,10,14,21-23,25,30H,3-4,9,11-13,15-20,24,26-29H2,1-2H3,(H,50,51)(H,52,56). The molecule has 0 radical (unpaired) electrons. The van der Waals surface area contributed by atoms with Crippen LogP contribution >= 0.6 is 0 Å². The number of aromatic nitrogens is 2. The molecule has 6 aliphatic rings. The largest absolute Gasteiger partial charge is 0.455 e. The zero-order valence-corrected chi connectivity index (χ0v) is 36.4. The number of halogens is 3. The summed E-state index contributed by atoms with van der Waals surface area (Å²) >= 11 is 0. The first-order chi connectivity index (χ1) is 29.9. The summed E-state index contributed by atoms with van der Waals surface area (Å²) in [5.74, 6) is -0.210. The summed E-state index contributed by atoms with van der Waals surface area (Å²) in [5.41, 5.74) is 2.25. The number of rotatable bonds is 13. The van der Waals surface area contributed by atoms with Crippen molar-refractivity contribution in [3.05, 3.63) is 93.3 Å². The van der Waals surface area contributed by atoms with Gasteiger partial charge in [0.05, 0.1) is 27.0 Å². The van der Waals surface area contributed by atoms with Gasteiger partial charge in [-0.1, -0.05) is 31.1 Å². The Balaban J connectivity index is 0.917. The number of ether oxygens (including phenoxy) is 2. The minimum Gasteiger partial charge on any atom is -0.455 e. The summed E-state index contributed by atoms with van der Waals surface area (Å²) < 4.78 is 82.7. The number of pyridine rings is 1. The van der Waals surface area contributed by atoms with Crippen LogP contribution in [0.4, 0.5) is 24.5 Å². The molecule has 4 aliphatic carbocycles. The molecule has 1 amide bonds. The van der Waals surface area contributed by atoms with E-state index in [0.29, 0.717) is 75.1 Å². The highest BCUT2D eigenvalue weighted by atomic mass is 32.2. The lowest BCUT2D eigenvalue weighted by Crippen LogP contribution is -2.69. The number of aryl methyl sites for hydroxylation is 1. The average molecular weight is 891 g/mol. The van der Waals surface area contributed by atoms with Crippen LogP contribution in [0.1, 0.15) is 87.6 Å². The zero-order valence-electron chi connectivity index (χ0n) is 35.6. The first-order valence-electron chi connectivity index (χ1n) is 21.8. The van der Waals surface area contributed by atoms with Crippen LogP contribution in [0.5, 0.6) is 11.5 Å². The molecule has 2 N–H and O–H groups in total. The highest BCUT2D eigenvalue weighted by molar-refractivity contribution is 7.90. The lowest BCUT2D eigenvalue weighted by atomic mass is 9.31. The van der Waals surface area contributed by atoms with Gasteiger partial charge in [-0.2, -0.15) is 13.2 Å². The average Bonchev–Trinajstić information content (AvgIpc) is 3.68. The van der Waals surface area contributed by atoms with Crippen LogP contribution in [0.2, 0.25) is 0 Å². The molecule has 2 aliphatic heterocycles. The van der Waals surface area contributed by atoms with Crippen LogP contribution in [0.15, 0.2) is 77.0 Å². The smallest absolute Gasteiger partial charge is 0.394 e. The van der Waals surface area contributed by atoms with E-state index in [4.69, 9.17) is 9.47 Å². The maximum absolute atomic E-state index is 13.9. The highest BCUT2D eigenvalue weighted by Crippen LogP contribution is 2.82. The van der Waals surface area contributed by atoms with Crippen LogP contribution in [0.25, 0.3) is 11.0 Å². The molecule has 5 fully saturated rings. The quantitative estimate of drug-likeness (QED) is 0.0753.